The first-order chi connectivity index (χ1) is 11.1. The lowest BCUT2D eigenvalue weighted by molar-refractivity contribution is -0.136. The molecule has 0 amide bonds. The van der Waals surface area contributed by atoms with Crippen molar-refractivity contribution in [2.24, 2.45) is 5.92 Å². The van der Waals surface area contributed by atoms with Crippen molar-refractivity contribution in [3.05, 3.63) is 35.4 Å². The Labute approximate surface area is 138 Å². The number of nitrogens with one attached hydrogen (secondary N) is 1. The first-order valence-electron chi connectivity index (χ1n) is 8.58. The number of carbonyl (C=O) groups is 2. The zero-order valence-electron chi connectivity index (χ0n) is 13.9. The Hall–Kier alpha value is -1.68. The fraction of sp³-hybridized carbons (Fsp3) is 0.579. The second-order valence-electron chi connectivity index (χ2n) is 6.61. The quantitative estimate of drug-likeness (QED) is 0.773. The highest BCUT2D eigenvalue weighted by molar-refractivity contribution is 5.84. The topological polar surface area (TPSA) is 66.4 Å². The normalized spacial score (nSPS) is 16.9. The summed E-state index contributed by atoms with van der Waals surface area (Å²) in [5.41, 5.74) is 1.85. The van der Waals surface area contributed by atoms with Crippen LogP contribution in [0, 0.1) is 5.92 Å². The Bertz CT molecular complexity index is 518. The Morgan fingerprint density at radius 2 is 1.74 bits per heavy atom. The van der Waals surface area contributed by atoms with Crippen LogP contribution >= 0.6 is 0 Å². The van der Waals surface area contributed by atoms with Gasteiger partial charge in [0, 0.05) is 6.42 Å². The van der Waals surface area contributed by atoms with E-state index in [2.05, 4.69) is 5.32 Å². The highest BCUT2D eigenvalue weighted by atomic mass is 16.4. The van der Waals surface area contributed by atoms with Crippen molar-refractivity contribution in [3.8, 4) is 0 Å². The molecule has 1 atom stereocenters. The van der Waals surface area contributed by atoms with Crippen LogP contribution in [-0.2, 0) is 22.4 Å². The van der Waals surface area contributed by atoms with E-state index in [1.54, 1.807) is 0 Å². The fourth-order valence-corrected chi connectivity index (χ4v) is 3.40. The predicted octanol–water partition coefficient (Wildman–Crippen LogP) is 2.98. The summed E-state index contributed by atoms with van der Waals surface area (Å²) in [5, 5.41) is 11.9. The first kappa shape index (κ1) is 17.7. The average molecular weight is 317 g/mol. The van der Waals surface area contributed by atoms with E-state index in [9.17, 15) is 9.59 Å². The third-order valence-electron chi connectivity index (χ3n) is 4.77. The van der Waals surface area contributed by atoms with Gasteiger partial charge in [0.25, 0.3) is 0 Å². The van der Waals surface area contributed by atoms with E-state index in [1.807, 2.05) is 31.3 Å². The smallest absolute Gasteiger partial charge is 0.307 e. The van der Waals surface area contributed by atoms with Gasteiger partial charge in [0.1, 0.15) is 5.78 Å². The van der Waals surface area contributed by atoms with Crippen LogP contribution in [-0.4, -0.2) is 29.9 Å². The number of aliphatic carboxylic acids is 1. The zero-order chi connectivity index (χ0) is 16.7. The zero-order valence-corrected chi connectivity index (χ0v) is 13.9. The van der Waals surface area contributed by atoms with Crippen LogP contribution in [0.4, 0.5) is 0 Å². The molecule has 0 spiro atoms. The number of likely N-dealkylation sites (N-methyl/N-ethyl adjacent to an activating group) is 1. The van der Waals surface area contributed by atoms with Gasteiger partial charge in [-0.15, -0.1) is 0 Å². The Morgan fingerprint density at radius 3 is 2.30 bits per heavy atom. The van der Waals surface area contributed by atoms with Gasteiger partial charge in [-0.25, -0.2) is 0 Å². The first-order valence-corrected chi connectivity index (χ1v) is 8.58. The molecule has 1 aromatic carbocycles. The van der Waals surface area contributed by atoms with E-state index < -0.39 is 5.97 Å². The molecule has 1 aliphatic rings. The van der Waals surface area contributed by atoms with Gasteiger partial charge in [-0.05, 0) is 30.5 Å². The Balaban J connectivity index is 1.89. The number of hydrogen-bond donors (Lipinski definition) is 2. The number of ketones is 1. The number of Topliss-reactive ketones (excluding diaryl/α,β-unsaturated/α-hetero) is 1. The monoisotopic (exact) mass is 317 g/mol. The molecule has 4 heteroatoms. The van der Waals surface area contributed by atoms with Gasteiger partial charge >= 0.3 is 5.97 Å². The molecule has 0 heterocycles. The maximum absolute atomic E-state index is 12.5. The summed E-state index contributed by atoms with van der Waals surface area (Å²) in [7, 11) is 1.84. The largest absolute Gasteiger partial charge is 0.481 e. The summed E-state index contributed by atoms with van der Waals surface area (Å²) in [5.74, 6) is 0.0348. The summed E-state index contributed by atoms with van der Waals surface area (Å²) in [4.78, 5) is 23.2. The molecule has 4 nitrogen and oxygen atoms in total. The van der Waals surface area contributed by atoms with E-state index >= 15 is 0 Å². The van der Waals surface area contributed by atoms with E-state index in [4.69, 9.17) is 5.11 Å². The molecular formula is C19H27NO3. The standard InChI is InChI=1S/C19H27NO3/c1-20-17(18(21)12-14-5-3-2-4-6-14)11-15-7-9-16(10-8-15)13-19(22)23/h7-10,14,17,20H,2-6,11-13H2,1H3,(H,22,23). The van der Waals surface area contributed by atoms with E-state index in [0.29, 0.717) is 24.5 Å². The molecule has 0 aromatic heterocycles. The molecule has 1 fully saturated rings. The molecule has 0 bridgehead atoms. The van der Waals surface area contributed by atoms with Crippen LogP contribution in [0.2, 0.25) is 0 Å². The van der Waals surface area contributed by atoms with Crippen LogP contribution in [0.15, 0.2) is 24.3 Å². The van der Waals surface area contributed by atoms with Crippen molar-refractivity contribution in [1.29, 1.82) is 0 Å². The minimum atomic E-state index is -0.825. The van der Waals surface area contributed by atoms with Gasteiger partial charge in [-0.1, -0.05) is 56.4 Å². The molecule has 0 saturated heterocycles. The number of carboxylic acids is 1. The summed E-state index contributed by atoms with van der Waals surface area (Å²) < 4.78 is 0. The molecule has 2 N–H and O–H groups in total. The van der Waals surface area contributed by atoms with Crippen molar-refractivity contribution >= 4 is 11.8 Å². The molecule has 0 radical (unpaired) electrons. The number of carboxylic acid groups (broad SMARTS) is 1. The van der Waals surface area contributed by atoms with Gasteiger partial charge in [0.2, 0.25) is 0 Å². The van der Waals surface area contributed by atoms with Crippen molar-refractivity contribution in [2.45, 2.75) is 57.4 Å². The molecule has 126 valence electrons. The van der Waals surface area contributed by atoms with Crippen LogP contribution in [0.25, 0.3) is 0 Å². The SMILES string of the molecule is CNC(Cc1ccc(CC(=O)O)cc1)C(=O)CC1CCCCC1. The maximum atomic E-state index is 12.5. The Kier molecular flexibility index (Phi) is 6.78. The molecule has 1 aromatic rings. The number of hydrogen-bond acceptors (Lipinski definition) is 3. The fourth-order valence-electron chi connectivity index (χ4n) is 3.40. The van der Waals surface area contributed by atoms with E-state index in [1.165, 1.54) is 32.1 Å². The van der Waals surface area contributed by atoms with Gasteiger partial charge in [0.05, 0.1) is 12.5 Å². The minimum Gasteiger partial charge on any atom is -0.481 e. The third-order valence-corrected chi connectivity index (χ3v) is 4.77. The van der Waals surface area contributed by atoms with Crippen molar-refractivity contribution in [1.82, 2.24) is 5.32 Å². The average Bonchev–Trinajstić information content (AvgIpc) is 2.54. The summed E-state index contributed by atoms with van der Waals surface area (Å²) in [6.07, 6.45) is 7.58. The molecule has 1 aliphatic carbocycles. The minimum absolute atomic E-state index is 0.0380. The highest BCUT2D eigenvalue weighted by Crippen LogP contribution is 2.27. The Morgan fingerprint density at radius 1 is 1.13 bits per heavy atom. The summed E-state index contributed by atoms with van der Waals surface area (Å²) >= 11 is 0. The highest BCUT2D eigenvalue weighted by Gasteiger charge is 2.22. The third kappa shape index (κ3) is 5.79. The number of rotatable bonds is 8. The van der Waals surface area contributed by atoms with E-state index in [-0.39, 0.29) is 12.5 Å². The van der Waals surface area contributed by atoms with Gasteiger partial charge in [-0.3, -0.25) is 9.59 Å². The molecule has 23 heavy (non-hydrogen) atoms. The van der Waals surface area contributed by atoms with Crippen LogP contribution in [0.5, 0.6) is 0 Å². The van der Waals surface area contributed by atoms with Gasteiger partial charge in [0.15, 0.2) is 0 Å². The van der Waals surface area contributed by atoms with E-state index in [0.717, 1.165) is 11.1 Å². The molecule has 0 aliphatic heterocycles. The van der Waals surface area contributed by atoms with Gasteiger partial charge < -0.3 is 10.4 Å². The lowest BCUT2D eigenvalue weighted by Crippen LogP contribution is -2.37. The van der Waals surface area contributed by atoms with Crippen molar-refractivity contribution in [3.63, 3.8) is 0 Å². The van der Waals surface area contributed by atoms with Gasteiger partial charge in [-0.2, -0.15) is 0 Å². The number of carbonyl (C=O) groups excluding carboxylic acids is 1. The lowest BCUT2D eigenvalue weighted by Gasteiger charge is -2.23. The maximum Gasteiger partial charge on any atom is 0.307 e. The van der Waals surface area contributed by atoms with Crippen molar-refractivity contribution in [2.75, 3.05) is 7.05 Å². The molecule has 1 saturated carbocycles. The predicted molar refractivity (Wildman–Crippen MR) is 90.5 cm³/mol. The summed E-state index contributed by atoms with van der Waals surface area (Å²) in [6, 6.07) is 7.37. The van der Waals surface area contributed by atoms with Crippen molar-refractivity contribution < 1.29 is 14.7 Å². The molecule has 1 unspecified atom stereocenters. The summed E-state index contributed by atoms with van der Waals surface area (Å²) in [6.45, 7) is 0. The van der Waals surface area contributed by atoms with Crippen LogP contribution < -0.4 is 5.32 Å². The second-order valence-corrected chi connectivity index (χ2v) is 6.61. The number of benzene rings is 1. The van der Waals surface area contributed by atoms with Crippen LogP contribution in [0.3, 0.4) is 0 Å². The molecule has 2 rings (SSSR count). The van der Waals surface area contributed by atoms with Crippen LogP contribution in [0.1, 0.15) is 49.7 Å². The molecular weight excluding hydrogens is 290 g/mol. The lowest BCUT2D eigenvalue weighted by atomic mass is 9.84. The second kappa shape index (κ2) is 8.82.